The predicted octanol–water partition coefficient (Wildman–Crippen LogP) is 7.12. The minimum atomic E-state index is -4.10. The van der Waals surface area contributed by atoms with Crippen LogP contribution in [0, 0.1) is 5.82 Å². The molecule has 5 rings (SSSR count). The van der Waals surface area contributed by atoms with E-state index in [4.69, 9.17) is 16.3 Å². The molecule has 1 aliphatic carbocycles. The Balaban J connectivity index is 1.23. The van der Waals surface area contributed by atoms with Gasteiger partial charge in [-0.3, -0.25) is 9.71 Å². The number of nitrogens with zero attached hydrogens (tertiary/aromatic N) is 3. The van der Waals surface area contributed by atoms with Gasteiger partial charge in [0.1, 0.15) is 28.5 Å². The Kier molecular flexibility index (Phi) is 9.92. The average Bonchev–Trinajstić information content (AvgIpc) is 2.99. The summed E-state index contributed by atoms with van der Waals surface area (Å²) in [7, 11) is -4.10. The summed E-state index contributed by atoms with van der Waals surface area (Å²) in [6, 6.07) is 13.8. The average molecular weight is 668 g/mol. The molecule has 11 nitrogen and oxygen atoms in total. The van der Waals surface area contributed by atoms with Crippen LogP contribution in [0.5, 0.6) is 0 Å². The number of carbonyl (C=O) groups excluding carboxylic acids is 1. The molecular weight excluding hydrogens is 633 g/mol. The lowest BCUT2D eigenvalue weighted by Gasteiger charge is -2.30. The van der Waals surface area contributed by atoms with Gasteiger partial charge in [0, 0.05) is 41.8 Å². The zero-order chi connectivity index (χ0) is 32.9. The standard InChI is InChI=1S/C32H35ClFN7O4S/c1-32(2,3)45-31(42)40-21-10-8-20(9-11-21)39-30-17-28(36-19-37-30)23-18-35-15-14-26(23)38-22-12-13-27(25(34)16-22)41-46(43,44)29-7-5-4-6-24(29)33/h4-7,12-21,41H,8-11H2,1-3H3,(H,35,38)(H,40,42)(H,36,37,39). The third kappa shape index (κ3) is 8.61. The van der Waals surface area contributed by atoms with Gasteiger partial charge in [0.2, 0.25) is 0 Å². The fourth-order valence-electron chi connectivity index (χ4n) is 5.05. The highest BCUT2D eigenvalue weighted by atomic mass is 35.5. The first-order valence-corrected chi connectivity index (χ1v) is 16.6. The molecule has 2 aromatic heterocycles. The molecule has 14 heteroatoms. The van der Waals surface area contributed by atoms with Gasteiger partial charge in [-0.05, 0) is 82.9 Å². The van der Waals surface area contributed by atoms with Gasteiger partial charge in [0.15, 0.2) is 0 Å². The zero-order valence-electron chi connectivity index (χ0n) is 25.6. The SMILES string of the molecule is CC(C)(C)OC(=O)NC1CCC(Nc2cc(-c3cnccc3Nc3ccc(NS(=O)(=O)c4ccccc4Cl)c(F)c3)ncn2)CC1. The number of ether oxygens (including phenoxy) is 1. The molecule has 1 amide bonds. The molecule has 2 heterocycles. The summed E-state index contributed by atoms with van der Waals surface area (Å²) in [6.07, 6.45) is 7.60. The molecule has 46 heavy (non-hydrogen) atoms. The van der Waals surface area contributed by atoms with E-state index in [1.807, 2.05) is 26.8 Å². The first-order chi connectivity index (χ1) is 21.9. The zero-order valence-corrected chi connectivity index (χ0v) is 27.1. The van der Waals surface area contributed by atoms with Crippen LogP contribution in [0.15, 0.2) is 78.2 Å². The van der Waals surface area contributed by atoms with Crippen molar-refractivity contribution in [1.82, 2.24) is 20.3 Å². The fourth-order valence-corrected chi connectivity index (χ4v) is 6.64. The van der Waals surface area contributed by atoms with Crippen LogP contribution >= 0.6 is 11.6 Å². The monoisotopic (exact) mass is 667 g/mol. The van der Waals surface area contributed by atoms with Crippen molar-refractivity contribution in [3.8, 4) is 11.3 Å². The molecule has 0 bridgehead atoms. The Morgan fingerprint density at radius 1 is 0.978 bits per heavy atom. The smallest absolute Gasteiger partial charge is 0.407 e. The van der Waals surface area contributed by atoms with Gasteiger partial charge in [0.05, 0.1) is 22.1 Å². The number of nitrogens with one attached hydrogen (secondary N) is 4. The molecule has 0 aliphatic heterocycles. The van der Waals surface area contributed by atoms with Crippen molar-refractivity contribution in [2.75, 3.05) is 15.4 Å². The molecule has 1 aliphatic rings. The third-order valence-electron chi connectivity index (χ3n) is 7.18. The molecule has 0 spiro atoms. The molecule has 0 atom stereocenters. The maximum absolute atomic E-state index is 15.1. The second-order valence-electron chi connectivity index (χ2n) is 11.9. The number of alkyl carbamates (subject to hydrolysis) is 1. The number of rotatable bonds is 9. The van der Waals surface area contributed by atoms with E-state index in [0.717, 1.165) is 25.7 Å². The maximum atomic E-state index is 15.1. The Hall–Kier alpha value is -4.49. The minimum absolute atomic E-state index is 0.0296. The van der Waals surface area contributed by atoms with E-state index >= 15 is 4.39 Å². The van der Waals surface area contributed by atoms with E-state index in [1.165, 1.54) is 36.7 Å². The number of hydrogen-bond donors (Lipinski definition) is 4. The molecule has 0 unspecified atom stereocenters. The molecule has 4 aromatic rings. The van der Waals surface area contributed by atoms with Crippen LogP contribution in [-0.4, -0.2) is 47.1 Å². The van der Waals surface area contributed by atoms with Gasteiger partial charge in [-0.25, -0.2) is 27.6 Å². The first kappa shape index (κ1) is 32.9. The van der Waals surface area contributed by atoms with E-state index in [-0.39, 0.29) is 27.7 Å². The Morgan fingerprint density at radius 2 is 1.72 bits per heavy atom. The van der Waals surface area contributed by atoms with Crippen molar-refractivity contribution < 1.29 is 22.3 Å². The molecule has 4 N–H and O–H groups in total. The normalized spacial score (nSPS) is 16.7. The van der Waals surface area contributed by atoms with Crippen molar-refractivity contribution >= 4 is 50.6 Å². The molecule has 2 aromatic carbocycles. The van der Waals surface area contributed by atoms with Gasteiger partial charge >= 0.3 is 6.09 Å². The Morgan fingerprint density at radius 3 is 2.43 bits per heavy atom. The number of anilines is 4. The van der Waals surface area contributed by atoms with Crippen LogP contribution in [0.3, 0.4) is 0 Å². The summed E-state index contributed by atoms with van der Waals surface area (Å²) in [6.45, 7) is 5.51. The molecule has 1 fully saturated rings. The predicted molar refractivity (Wildman–Crippen MR) is 176 cm³/mol. The number of sulfonamides is 1. The fraction of sp³-hybridized carbons (Fsp3) is 0.312. The second kappa shape index (κ2) is 13.9. The quantitative estimate of drug-likeness (QED) is 0.146. The van der Waals surface area contributed by atoms with Crippen LogP contribution in [-0.2, 0) is 14.8 Å². The van der Waals surface area contributed by atoms with E-state index in [9.17, 15) is 13.2 Å². The van der Waals surface area contributed by atoms with Crippen LogP contribution < -0.4 is 20.7 Å². The molecular formula is C32H35ClFN7O4S. The van der Waals surface area contributed by atoms with Crippen molar-refractivity contribution in [1.29, 1.82) is 0 Å². The summed E-state index contributed by atoms with van der Waals surface area (Å²) >= 11 is 6.03. The van der Waals surface area contributed by atoms with E-state index in [1.54, 1.807) is 30.6 Å². The molecule has 242 valence electrons. The van der Waals surface area contributed by atoms with Gasteiger partial charge < -0.3 is 20.7 Å². The van der Waals surface area contributed by atoms with Crippen LogP contribution in [0.25, 0.3) is 11.3 Å². The van der Waals surface area contributed by atoms with E-state index < -0.39 is 27.5 Å². The summed E-state index contributed by atoms with van der Waals surface area (Å²) in [4.78, 5) is 25.0. The number of hydrogen-bond acceptors (Lipinski definition) is 9. The lowest BCUT2D eigenvalue weighted by atomic mass is 9.91. The second-order valence-corrected chi connectivity index (χ2v) is 14.0. The van der Waals surface area contributed by atoms with Gasteiger partial charge in [-0.15, -0.1) is 0 Å². The summed E-state index contributed by atoms with van der Waals surface area (Å²) in [5, 5.41) is 9.63. The van der Waals surface area contributed by atoms with Crippen molar-refractivity contribution in [3.05, 3.63) is 84.2 Å². The van der Waals surface area contributed by atoms with Gasteiger partial charge in [0.25, 0.3) is 10.0 Å². The van der Waals surface area contributed by atoms with Gasteiger partial charge in [-0.1, -0.05) is 23.7 Å². The minimum Gasteiger partial charge on any atom is -0.444 e. The lowest BCUT2D eigenvalue weighted by molar-refractivity contribution is 0.0492. The van der Waals surface area contributed by atoms with Crippen molar-refractivity contribution in [2.45, 2.75) is 69.0 Å². The van der Waals surface area contributed by atoms with Crippen molar-refractivity contribution in [2.24, 2.45) is 0 Å². The number of carbonyl (C=O) groups is 1. The number of amides is 1. The van der Waals surface area contributed by atoms with E-state index in [2.05, 4.69) is 35.6 Å². The topological polar surface area (TPSA) is 147 Å². The first-order valence-electron chi connectivity index (χ1n) is 14.7. The molecule has 1 saturated carbocycles. The number of halogens is 2. The van der Waals surface area contributed by atoms with Crippen LogP contribution in [0.1, 0.15) is 46.5 Å². The number of aromatic nitrogens is 3. The van der Waals surface area contributed by atoms with Gasteiger partial charge in [-0.2, -0.15) is 0 Å². The summed E-state index contributed by atoms with van der Waals surface area (Å²) in [5.41, 5.74) is 1.48. The summed E-state index contributed by atoms with van der Waals surface area (Å²) in [5.74, 6) is -0.134. The Bertz CT molecular complexity index is 1810. The highest BCUT2D eigenvalue weighted by Crippen LogP contribution is 2.32. The van der Waals surface area contributed by atoms with Crippen LogP contribution in [0.2, 0.25) is 5.02 Å². The Labute approximate surface area is 272 Å². The molecule has 0 saturated heterocycles. The third-order valence-corrected chi connectivity index (χ3v) is 9.05. The maximum Gasteiger partial charge on any atom is 0.407 e. The number of pyridine rings is 1. The van der Waals surface area contributed by atoms with Crippen molar-refractivity contribution in [3.63, 3.8) is 0 Å². The number of benzene rings is 2. The molecule has 0 radical (unpaired) electrons. The van der Waals surface area contributed by atoms with Crippen LogP contribution in [0.4, 0.5) is 32.1 Å². The lowest BCUT2D eigenvalue weighted by Crippen LogP contribution is -2.42. The largest absolute Gasteiger partial charge is 0.444 e. The van der Waals surface area contributed by atoms with E-state index in [0.29, 0.717) is 28.5 Å². The highest BCUT2D eigenvalue weighted by Gasteiger charge is 2.25. The summed E-state index contributed by atoms with van der Waals surface area (Å²) < 4.78 is 48.3. The highest BCUT2D eigenvalue weighted by molar-refractivity contribution is 7.92.